The summed E-state index contributed by atoms with van der Waals surface area (Å²) in [5, 5.41) is 6.54. The summed E-state index contributed by atoms with van der Waals surface area (Å²) >= 11 is 0.855. The van der Waals surface area contributed by atoms with Gasteiger partial charge in [-0.25, -0.2) is 14.8 Å². The molecule has 0 spiro atoms. The van der Waals surface area contributed by atoms with Crippen molar-refractivity contribution in [3.05, 3.63) is 42.5 Å². The molecule has 10 heteroatoms. The van der Waals surface area contributed by atoms with Gasteiger partial charge in [0, 0.05) is 12.6 Å². The molecular weight excluding hydrogens is 355 g/mol. The van der Waals surface area contributed by atoms with Gasteiger partial charge in [-0.3, -0.25) is 0 Å². The summed E-state index contributed by atoms with van der Waals surface area (Å²) in [6, 6.07) is 4.08. The summed E-state index contributed by atoms with van der Waals surface area (Å²) in [6.07, 6.45) is -0.171. The summed E-state index contributed by atoms with van der Waals surface area (Å²) in [4.78, 5) is 18.4. The molecule has 3 aromatic rings. The van der Waals surface area contributed by atoms with Gasteiger partial charge in [-0.15, -0.1) is 11.3 Å². The Hall–Kier alpha value is -2.75. The molecule has 3 aromatic heterocycles. The number of amides is 1. The summed E-state index contributed by atoms with van der Waals surface area (Å²) in [5.74, 6) is 0. The molecule has 6 nitrogen and oxygen atoms in total. The van der Waals surface area contributed by atoms with Gasteiger partial charge in [0.15, 0.2) is 18.1 Å². The van der Waals surface area contributed by atoms with Gasteiger partial charge in [0.1, 0.15) is 5.01 Å². The number of H-pyrrole nitrogens is 1. The maximum absolute atomic E-state index is 13.5. The Morgan fingerprint density at radius 3 is 2.84 bits per heavy atom. The predicted octanol–water partition coefficient (Wildman–Crippen LogP) is 3.08. The molecule has 0 aromatic carbocycles. The molecule has 0 unspecified atom stereocenters. The number of hydrogen-bond acceptors (Lipinski definition) is 4. The van der Waals surface area contributed by atoms with E-state index in [4.69, 9.17) is 0 Å². The molecular formula is C15H13F3N5OS+. The van der Waals surface area contributed by atoms with Crippen LogP contribution >= 0.6 is 11.3 Å². The Morgan fingerprint density at radius 1 is 1.40 bits per heavy atom. The van der Waals surface area contributed by atoms with Gasteiger partial charge in [-0.05, 0) is 19.1 Å². The molecule has 0 aliphatic rings. The molecule has 0 saturated heterocycles. The van der Waals surface area contributed by atoms with Crippen molar-refractivity contribution < 1.29 is 22.9 Å². The van der Waals surface area contributed by atoms with Crippen molar-refractivity contribution in [2.75, 3.05) is 6.54 Å². The zero-order valence-electron chi connectivity index (χ0n) is 13.0. The molecule has 0 aliphatic carbocycles. The number of alkyl halides is 3. The minimum atomic E-state index is -4.65. The minimum Gasteiger partial charge on any atom is -0.336 e. The van der Waals surface area contributed by atoms with Crippen molar-refractivity contribution in [2.24, 2.45) is 0 Å². The van der Waals surface area contributed by atoms with Crippen LogP contribution in [0, 0.1) is 0 Å². The van der Waals surface area contributed by atoms with E-state index in [1.54, 1.807) is 31.5 Å². The maximum atomic E-state index is 13.5. The molecule has 2 N–H and O–H groups in total. The zero-order valence-corrected chi connectivity index (χ0v) is 13.8. The van der Waals surface area contributed by atoms with Crippen LogP contribution in [-0.4, -0.2) is 27.3 Å². The monoisotopic (exact) mass is 368 g/mol. The normalized spacial score (nSPS) is 11.5. The van der Waals surface area contributed by atoms with Crippen LogP contribution in [0.2, 0.25) is 0 Å². The van der Waals surface area contributed by atoms with E-state index in [0.717, 1.165) is 16.0 Å². The van der Waals surface area contributed by atoms with Gasteiger partial charge >= 0.3 is 12.2 Å². The number of nitrogens with one attached hydrogen (secondary N) is 2. The Labute approximate surface area is 144 Å². The second kappa shape index (κ2) is 6.63. The SMILES string of the molecule is CCNC(=O)n1nccc1-c1sc(-c2ccc[nH+]c2)nc1C(F)(F)F. The molecule has 1 amide bonds. The zero-order chi connectivity index (χ0) is 18.0. The lowest BCUT2D eigenvalue weighted by atomic mass is 10.2. The smallest absolute Gasteiger partial charge is 0.336 e. The molecule has 3 heterocycles. The number of halogens is 3. The fourth-order valence-electron chi connectivity index (χ4n) is 2.20. The van der Waals surface area contributed by atoms with Gasteiger partial charge in [-0.1, -0.05) is 0 Å². The maximum Gasteiger partial charge on any atom is 0.434 e. The van der Waals surface area contributed by atoms with E-state index in [-0.39, 0.29) is 15.6 Å². The van der Waals surface area contributed by atoms with Gasteiger partial charge in [0.25, 0.3) is 0 Å². The molecule has 0 aliphatic heterocycles. The van der Waals surface area contributed by atoms with Crippen LogP contribution in [0.25, 0.3) is 21.1 Å². The molecule has 25 heavy (non-hydrogen) atoms. The van der Waals surface area contributed by atoms with Gasteiger partial charge in [-0.2, -0.15) is 23.0 Å². The Bertz CT molecular complexity index is 888. The highest BCUT2D eigenvalue weighted by molar-refractivity contribution is 7.18. The minimum absolute atomic E-state index is 0.0435. The fourth-order valence-corrected chi connectivity index (χ4v) is 3.29. The highest BCUT2D eigenvalue weighted by Crippen LogP contribution is 2.42. The van der Waals surface area contributed by atoms with Crippen molar-refractivity contribution in [1.29, 1.82) is 0 Å². The average molecular weight is 368 g/mol. The van der Waals surface area contributed by atoms with Crippen LogP contribution in [0.3, 0.4) is 0 Å². The lowest BCUT2D eigenvalue weighted by molar-refractivity contribution is -0.377. The van der Waals surface area contributed by atoms with Crippen molar-refractivity contribution in [3.8, 4) is 21.1 Å². The van der Waals surface area contributed by atoms with Crippen LogP contribution < -0.4 is 10.3 Å². The standard InChI is InChI=1S/C15H12F3N5OS/c1-2-20-14(24)23-10(5-7-21-23)11-12(15(16,17)18)22-13(25-11)9-4-3-6-19-8-9/h3-8H,2H2,1H3,(H,20,24)/p+1. The molecule has 3 rings (SSSR count). The first kappa shape index (κ1) is 17.1. The van der Waals surface area contributed by atoms with Gasteiger partial charge < -0.3 is 5.32 Å². The lowest BCUT2D eigenvalue weighted by Gasteiger charge is -2.08. The van der Waals surface area contributed by atoms with E-state index in [2.05, 4.69) is 20.4 Å². The van der Waals surface area contributed by atoms with Crippen molar-refractivity contribution in [3.63, 3.8) is 0 Å². The Kier molecular flexibility index (Phi) is 4.53. The second-order valence-electron chi connectivity index (χ2n) is 4.95. The number of nitrogens with zero attached hydrogens (tertiary/aromatic N) is 3. The van der Waals surface area contributed by atoms with E-state index in [0.29, 0.717) is 12.1 Å². The molecule has 0 fully saturated rings. The number of carbonyl (C=O) groups is 1. The van der Waals surface area contributed by atoms with E-state index in [9.17, 15) is 18.0 Å². The number of aromatic amines is 1. The van der Waals surface area contributed by atoms with Crippen LogP contribution in [0.1, 0.15) is 12.6 Å². The van der Waals surface area contributed by atoms with E-state index in [1.807, 2.05) is 0 Å². The topological polar surface area (TPSA) is 74.0 Å². The van der Waals surface area contributed by atoms with E-state index in [1.165, 1.54) is 12.3 Å². The van der Waals surface area contributed by atoms with E-state index < -0.39 is 17.9 Å². The highest BCUT2D eigenvalue weighted by Gasteiger charge is 2.39. The average Bonchev–Trinajstić information content (AvgIpc) is 3.22. The Morgan fingerprint density at radius 2 is 2.20 bits per heavy atom. The van der Waals surface area contributed by atoms with Crippen LogP contribution in [0.15, 0.2) is 36.8 Å². The number of hydrogen-bond donors (Lipinski definition) is 1. The second-order valence-corrected chi connectivity index (χ2v) is 5.95. The van der Waals surface area contributed by atoms with Crippen LogP contribution in [-0.2, 0) is 6.18 Å². The molecule has 0 radical (unpaired) electrons. The van der Waals surface area contributed by atoms with Gasteiger partial charge in [0.2, 0.25) is 0 Å². The van der Waals surface area contributed by atoms with Crippen molar-refractivity contribution in [1.82, 2.24) is 20.1 Å². The number of pyridine rings is 1. The number of aromatic nitrogens is 4. The number of thiazole rings is 1. The van der Waals surface area contributed by atoms with Gasteiger partial charge in [0.05, 0.1) is 22.3 Å². The third kappa shape index (κ3) is 3.38. The number of rotatable bonds is 3. The molecule has 130 valence electrons. The number of carbonyl (C=O) groups excluding carboxylic acids is 1. The molecule has 0 bridgehead atoms. The third-order valence-corrected chi connectivity index (χ3v) is 4.37. The first-order valence-corrected chi connectivity index (χ1v) is 8.10. The largest absolute Gasteiger partial charge is 0.434 e. The molecule has 0 atom stereocenters. The fraction of sp³-hybridized carbons (Fsp3) is 0.200. The summed E-state index contributed by atoms with van der Waals surface area (Å²) in [7, 11) is 0. The third-order valence-electron chi connectivity index (χ3n) is 3.25. The summed E-state index contributed by atoms with van der Waals surface area (Å²) in [5.41, 5.74) is -0.474. The first-order valence-electron chi connectivity index (χ1n) is 7.29. The molecule has 0 saturated carbocycles. The van der Waals surface area contributed by atoms with Crippen molar-refractivity contribution in [2.45, 2.75) is 13.1 Å². The Balaban J connectivity index is 2.15. The quantitative estimate of drug-likeness (QED) is 0.772. The van der Waals surface area contributed by atoms with Crippen LogP contribution in [0.4, 0.5) is 18.0 Å². The van der Waals surface area contributed by atoms with Crippen LogP contribution in [0.5, 0.6) is 0 Å². The predicted molar refractivity (Wildman–Crippen MR) is 84.8 cm³/mol. The van der Waals surface area contributed by atoms with Crippen molar-refractivity contribution >= 4 is 17.4 Å². The first-order chi connectivity index (χ1) is 11.9. The summed E-state index contributed by atoms with van der Waals surface area (Å²) < 4.78 is 41.3. The summed E-state index contributed by atoms with van der Waals surface area (Å²) in [6.45, 7) is 2.04. The lowest BCUT2D eigenvalue weighted by Crippen LogP contribution is -2.29. The van der Waals surface area contributed by atoms with E-state index >= 15 is 0 Å². The highest BCUT2D eigenvalue weighted by atomic mass is 32.1.